The average molecular weight is 415 g/mol. The van der Waals surface area contributed by atoms with Gasteiger partial charge in [-0.05, 0) is 39.8 Å². The molecule has 1 aromatic rings. The van der Waals surface area contributed by atoms with Crippen molar-refractivity contribution >= 4 is 28.1 Å². The lowest BCUT2D eigenvalue weighted by molar-refractivity contribution is 0.0177. The molecule has 0 saturated carbocycles. The van der Waals surface area contributed by atoms with Gasteiger partial charge in [0, 0.05) is 64.3 Å². The van der Waals surface area contributed by atoms with E-state index in [1.165, 1.54) is 9.75 Å². The molecule has 2 heterocycles. The molecule has 0 spiro atoms. The Hall–Kier alpha value is -0.960. The van der Waals surface area contributed by atoms with Crippen molar-refractivity contribution in [3.05, 3.63) is 21.9 Å². The summed E-state index contributed by atoms with van der Waals surface area (Å²) in [6.07, 6.45) is 0. The topological polar surface area (TPSA) is 66.0 Å². The third-order valence-electron chi connectivity index (χ3n) is 4.53. The van der Waals surface area contributed by atoms with Crippen molar-refractivity contribution in [2.45, 2.75) is 38.5 Å². The molecular formula is C19H34N4O2S2. The molecule has 0 aromatic carbocycles. The minimum atomic E-state index is -0.865. The largest absolute Gasteiger partial charge is 0.379 e. The number of morpholine rings is 1. The molecule has 0 bridgehead atoms. The van der Waals surface area contributed by atoms with Crippen molar-refractivity contribution in [1.29, 1.82) is 0 Å². The molecule has 1 fully saturated rings. The van der Waals surface area contributed by atoms with Gasteiger partial charge in [0.1, 0.15) is 0 Å². The van der Waals surface area contributed by atoms with Gasteiger partial charge in [0.25, 0.3) is 0 Å². The second-order valence-electron chi connectivity index (χ2n) is 7.65. The van der Waals surface area contributed by atoms with Gasteiger partial charge in [0.05, 0.1) is 19.3 Å². The van der Waals surface area contributed by atoms with Crippen LogP contribution in [0.4, 0.5) is 0 Å². The van der Waals surface area contributed by atoms with Crippen LogP contribution < -0.4 is 10.6 Å². The van der Waals surface area contributed by atoms with E-state index in [1.54, 1.807) is 7.05 Å². The highest BCUT2D eigenvalue weighted by Crippen LogP contribution is 2.27. The van der Waals surface area contributed by atoms with Crippen LogP contribution in [0.5, 0.6) is 0 Å². The Morgan fingerprint density at radius 3 is 2.59 bits per heavy atom. The molecule has 1 aliphatic rings. The van der Waals surface area contributed by atoms with Gasteiger partial charge in [0.2, 0.25) is 0 Å². The van der Waals surface area contributed by atoms with Gasteiger partial charge in [0.15, 0.2) is 5.96 Å². The van der Waals surface area contributed by atoms with Crippen LogP contribution in [0.25, 0.3) is 0 Å². The van der Waals surface area contributed by atoms with Crippen molar-refractivity contribution in [3.8, 4) is 0 Å². The van der Waals surface area contributed by atoms with Crippen molar-refractivity contribution < 1.29 is 8.95 Å². The normalized spacial score (nSPS) is 18.9. The highest BCUT2D eigenvalue weighted by molar-refractivity contribution is 7.86. The molecule has 0 radical (unpaired) electrons. The van der Waals surface area contributed by atoms with Crippen molar-refractivity contribution in [2.24, 2.45) is 4.99 Å². The maximum Gasteiger partial charge on any atom is 0.191 e. The zero-order valence-corrected chi connectivity index (χ0v) is 18.8. The summed E-state index contributed by atoms with van der Waals surface area (Å²) in [4.78, 5) is 9.49. The van der Waals surface area contributed by atoms with Crippen LogP contribution >= 0.6 is 11.3 Å². The highest BCUT2D eigenvalue weighted by Gasteiger charge is 2.24. The molecule has 27 heavy (non-hydrogen) atoms. The Labute approximate surface area is 170 Å². The number of hydrogen-bond donors (Lipinski definition) is 2. The average Bonchev–Trinajstić information content (AvgIpc) is 3.06. The van der Waals surface area contributed by atoms with Gasteiger partial charge < -0.3 is 15.4 Å². The predicted octanol–water partition coefficient (Wildman–Crippen LogP) is 2.14. The van der Waals surface area contributed by atoms with Gasteiger partial charge in [-0.15, -0.1) is 11.3 Å². The number of aliphatic imine (C=N–C) groups is 1. The molecule has 6 nitrogen and oxygen atoms in total. The maximum atomic E-state index is 12.2. The first-order chi connectivity index (χ1) is 12.8. The van der Waals surface area contributed by atoms with Gasteiger partial charge in [-0.3, -0.25) is 14.1 Å². The second kappa shape index (κ2) is 10.5. The van der Waals surface area contributed by atoms with Gasteiger partial charge >= 0.3 is 0 Å². The molecule has 2 atom stereocenters. The number of nitrogens with zero attached hydrogens (tertiary/aromatic N) is 2. The van der Waals surface area contributed by atoms with Crippen LogP contribution in [0.3, 0.4) is 0 Å². The Morgan fingerprint density at radius 2 is 2.04 bits per heavy atom. The van der Waals surface area contributed by atoms with E-state index in [-0.39, 0.29) is 4.75 Å². The number of ether oxygens (including phenoxy) is 1. The summed E-state index contributed by atoms with van der Waals surface area (Å²) in [5.74, 6) is 1.37. The zero-order chi connectivity index (χ0) is 19.9. The van der Waals surface area contributed by atoms with Gasteiger partial charge in [-0.2, -0.15) is 0 Å². The summed E-state index contributed by atoms with van der Waals surface area (Å²) in [5, 5.41) is 6.74. The number of nitrogens with one attached hydrogen (secondary N) is 2. The minimum absolute atomic E-state index is 0.183. The Morgan fingerprint density at radius 1 is 1.33 bits per heavy atom. The maximum absolute atomic E-state index is 12.2. The molecule has 1 saturated heterocycles. The first-order valence-electron chi connectivity index (χ1n) is 9.52. The molecular weight excluding hydrogens is 380 g/mol. The predicted molar refractivity (Wildman–Crippen MR) is 116 cm³/mol. The monoisotopic (exact) mass is 414 g/mol. The molecule has 154 valence electrons. The van der Waals surface area contributed by atoms with Gasteiger partial charge in [-0.25, -0.2) is 0 Å². The molecule has 0 aliphatic carbocycles. The molecule has 8 heteroatoms. The summed E-state index contributed by atoms with van der Waals surface area (Å²) in [6, 6.07) is 4.71. The number of hydrogen-bond acceptors (Lipinski definition) is 5. The molecule has 0 amide bonds. The lowest BCUT2D eigenvalue weighted by Crippen LogP contribution is -2.46. The lowest BCUT2D eigenvalue weighted by Gasteiger charge is -2.34. The summed E-state index contributed by atoms with van der Waals surface area (Å²) >= 11 is 1.85. The van der Waals surface area contributed by atoms with Crippen LogP contribution in [0.15, 0.2) is 17.1 Å². The number of rotatable bonds is 7. The zero-order valence-electron chi connectivity index (χ0n) is 17.2. The molecule has 2 rings (SSSR count). The first-order valence-corrected chi connectivity index (χ1v) is 11.7. The standard InChI is InChI=1S/C19H34N4O2S2/c1-15-6-7-17(26-15)16(23-9-11-25-12-10-23)14-22-18(20-5)21-8-13-27(24)19(2,3)4/h6-7,16H,8-14H2,1-5H3,(H2,20,21,22). The number of aryl methyl sites for hydroxylation is 1. The molecule has 2 N–H and O–H groups in total. The van der Waals surface area contributed by atoms with E-state index in [9.17, 15) is 4.21 Å². The lowest BCUT2D eigenvalue weighted by atomic mass is 10.2. The summed E-state index contributed by atoms with van der Waals surface area (Å²) in [7, 11) is 0.908. The Bertz CT molecular complexity index is 634. The smallest absolute Gasteiger partial charge is 0.191 e. The molecule has 1 aromatic heterocycles. The third kappa shape index (κ3) is 7.18. The van der Waals surface area contributed by atoms with Crippen LogP contribution in [-0.2, 0) is 15.5 Å². The van der Waals surface area contributed by atoms with E-state index in [1.807, 2.05) is 32.1 Å². The Balaban J connectivity index is 1.91. The van der Waals surface area contributed by atoms with E-state index in [4.69, 9.17) is 4.74 Å². The first kappa shape index (κ1) is 22.3. The SMILES string of the molecule is CN=C(NCCS(=O)C(C)(C)C)NCC(c1ccc(C)s1)N1CCOCC1. The quantitative estimate of drug-likeness (QED) is 0.529. The Kier molecular flexibility index (Phi) is 8.72. The van der Waals surface area contributed by atoms with Crippen molar-refractivity contribution in [2.75, 3.05) is 52.2 Å². The molecule has 1 aliphatic heterocycles. The summed E-state index contributed by atoms with van der Waals surface area (Å²) in [5.41, 5.74) is 0. The highest BCUT2D eigenvalue weighted by atomic mass is 32.2. The van der Waals surface area contributed by atoms with Crippen LogP contribution in [0.1, 0.15) is 36.6 Å². The van der Waals surface area contributed by atoms with Gasteiger partial charge in [-0.1, -0.05) is 0 Å². The van der Waals surface area contributed by atoms with E-state index < -0.39 is 10.8 Å². The third-order valence-corrected chi connectivity index (χ3v) is 7.57. The van der Waals surface area contributed by atoms with E-state index in [2.05, 4.69) is 39.6 Å². The van der Waals surface area contributed by atoms with Crippen LogP contribution in [0.2, 0.25) is 0 Å². The van der Waals surface area contributed by atoms with Crippen molar-refractivity contribution in [1.82, 2.24) is 15.5 Å². The second-order valence-corrected chi connectivity index (χ2v) is 11.3. The van der Waals surface area contributed by atoms with E-state index >= 15 is 0 Å². The summed E-state index contributed by atoms with van der Waals surface area (Å²) < 4.78 is 17.5. The number of thiophene rings is 1. The fraction of sp³-hybridized carbons (Fsp3) is 0.737. The van der Waals surface area contributed by atoms with E-state index in [0.717, 1.165) is 38.8 Å². The van der Waals surface area contributed by atoms with E-state index in [0.29, 0.717) is 18.3 Å². The van der Waals surface area contributed by atoms with Crippen molar-refractivity contribution in [3.63, 3.8) is 0 Å². The number of guanidine groups is 1. The fourth-order valence-electron chi connectivity index (χ4n) is 2.91. The summed E-state index contributed by atoms with van der Waals surface area (Å²) in [6.45, 7) is 13.0. The minimum Gasteiger partial charge on any atom is -0.379 e. The molecule has 2 unspecified atom stereocenters. The fourth-order valence-corrected chi connectivity index (χ4v) is 4.83. The van der Waals surface area contributed by atoms with Crippen LogP contribution in [-0.4, -0.2) is 72.0 Å². The van der Waals surface area contributed by atoms with Crippen LogP contribution in [0, 0.1) is 6.92 Å².